The van der Waals surface area contributed by atoms with Gasteiger partial charge in [0.25, 0.3) is 0 Å². The van der Waals surface area contributed by atoms with E-state index in [1.165, 1.54) is 0 Å². The number of ether oxygens (including phenoxy) is 6. The molecule has 2 fully saturated rings. The summed E-state index contributed by atoms with van der Waals surface area (Å²) >= 11 is 0. The zero-order chi connectivity index (χ0) is 31.1. The molecule has 234 valence electrons. The van der Waals surface area contributed by atoms with Crippen molar-refractivity contribution < 1.29 is 42.0 Å². The molecule has 2 aliphatic rings. The average molecular weight is 622 g/mol. The Morgan fingerprint density at radius 1 is 0.727 bits per heavy atom. The van der Waals surface area contributed by atoms with Crippen LogP contribution in [0.15, 0.2) is 78.9 Å². The molecule has 0 spiro atoms. The smallest absolute Gasteiger partial charge is 0.319 e. The van der Waals surface area contributed by atoms with Crippen molar-refractivity contribution in [3.8, 4) is 11.5 Å². The van der Waals surface area contributed by atoms with Crippen molar-refractivity contribution in [3.05, 3.63) is 95.6 Å². The molecule has 0 radical (unpaired) electrons. The standard InChI is InChI=1S/C32H41B2O9P/c1-36-24-13-9-22(10-14-24)32(21-7-5-4-6-8-21,23-11-15-25(37-2)16-12-23)39-19-28-27(18-31(34)41-28)43-44(35)40-20-29-26(38-3)17-30(33)42-29/h4-16,26-31,44H,17-20,33-34H2,1-3H3/t26?,27?,28-,29-,30-,31-/m1/s1. The van der Waals surface area contributed by atoms with E-state index in [1.54, 1.807) is 21.3 Å². The SMILES string of the molecule is B[C@H]1CC(OC)[C@@H](CO[PH](=O)OC2C[C@H](B)O[C@@H]2COC(c2ccccc2)(c2ccc(OC)cc2)c2ccc(OC)cc2)O1. The van der Waals surface area contributed by atoms with Gasteiger partial charge in [0.05, 0.1) is 39.6 Å². The third-order valence-corrected chi connectivity index (χ3v) is 9.22. The van der Waals surface area contributed by atoms with Crippen molar-refractivity contribution >= 4 is 23.9 Å². The zero-order valence-corrected chi connectivity index (χ0v) is 27.0. The van der Waals surface area contributed by atoms with Crippen LogP contribution in [-0.2, 0) is 38.2 Å². The lowest BCUT2D eigenvalue weighted by molar-refractivity contribution is -0.0714. The van der Waals surface area contributed by atoms with Crippen LogP contribution in [0.4, 0.5) is 0 Å². The molecule has 3 unspecified atom stereocenters. The Morgan fingerprint density at radius 3 is 1.75 bits per heavy atom. The van der Waals surface area contributed by atoms with Crippen LogP contribution in [-0.4, -0.2) is 86.7 Å². The molecule has 0 N–H and O–H groups in total. The van der Waals surface area contributed by atoms with Gasteiger partial charge in [-0.2, -0.15) is 0 Å². The first-order valence-electron chi connectivity index (χ1n) is 15.0. The highest BCUT2D eigenvalue weighted by Crippen LogP contribution is 2.43. The molecule has 3 aromatic carbocycles. The Balaban J connectivity index is 1.39. The van der Waals surface area contributed by atoms with Gasteiger partial charge >= 0.3 is 8.25 Å². The number of rotatable bonds is 14. The lowest BCUT2D eigenvalue weighted by atomic mass is 9.80. The maximum atomic E-state index is 13.0. The van der Waals surface area contributed by atoms with Crippen molar-refractivity contribution in [3.63, 3.8) is 0 Å². The van der Waals surface area contributed by atoms with Crippen LogP contribution in [0.1, 0.15) is 29.5 Å². The van der Waals surface area contributed by atoms with E-state index in [0.29, 0.717) is 6.42 Å². The lowest BCUT2D eigenvalue weighted by Crippen LogP contribution is -2.38. The van der Waals surface area contributed by atoms with Gasteiger partial charge in [0, 0.05) is 19.1 Å². The van der Waals surface area contributed by atoms with Gasteiger partial charge in [0.15, 0.2) is 0 Å². The highest BCUT2D eigenvalue weighted by Gasteiger charge is 2.42. The monoisotopic (exact) mass is 622 g/mol. The van der Waals surface area contributed by atoms with Gasteiger partial charge in [0.1, 0.15) is 45.0 Å². The first kappa shape index (κ1) is 32.8. The summed E-state index contributed by atoms with van der Waals surface area (Å²) in [6.45, 7) is 0.309. The molecular weight excluding hydrogens is 581 g/mol. The minimum atomic E-state index is -2.84. The van der Waals surface area contributed by atoms with Gasteiger partial charge in [-0.05, 0) is 53.8 Å². The summed E-state index contributed by atoms with van der Waals surface area (Å²) in [5, 5.41) is 0. The fourth-order valence-corrected chi connectivity index (χ4v) is 6.96. The Labute approximate surface area is 262 Å². The molecule has 2 saturated heterocycles. The first-order chi connectivity index (χ1) is 21.4. The molecule has 7 atom stereocenters. The predicted octanol–water partition coefficient (Wildman–Crippen LogP) is 3.32. The molecule has 44 heavy (non-hydrogen) atoms. The molecule has 3 aromatic rings. The van der Waals surface area contributed by atoms with Crippen molar-refractivity contribution in [1.29, 1.82) is 0 Å². The third-order valence-electron chi connectivity index (χ3n) is 8.33. The van der Waals surface area contributed by atoms with E-state index in [2.05, 4.69) is 0 Å². The van der Waals surface area contributed by atoms with E-state index in [-0.39, 0.29) is 37.4 Å². The van der Waals surface area contributed by atoms with E-state index >= 15 is 0 Å². The second-order valence-electron chi connectivity index (χ2n) is 11.2. The Hall–Kier alpha value is -2.62. The molecule has 2 aliphatic heterocycles. The number of hydrogen-bond acceptors (Lipinski definition) is 9. The van der Waals surface area contributed by atoms with Crippen LogP contribution < -0.4 is 9.47 Å². The van der Waals surface area contributed by atoms with Crippen LogP contribution in [0.25, 0.3) is 0 Å². The minimum absolute atomic E-state index is 0.0590. The summed E-state index contributed by atoms with van der Waals surface area (Å²) in [6.07, 6.45) is -0.00120. The van der Waals surface area contributed by atoms with Crippen molar-refractivity contribution in [1.82, 2.24) is 0 Å². The molecular formula is C32H41B2O9P. The quantitative estimate of drug-likeness (QED) is 0.153. The van der Waals surface area contributed by atoms with E-state index in [4.69, 9.17) is 37.5 Å². The Morgan fingerprint density at radius 2 is 1.23 bits per heavy atom. The van der Waals surface area contributed by atoms with Crippen molar-refractivity contribution in [2.75, 3.05) is 34.5 Å². The summed E-state index contributed by atoms with van der Waals surface area (Å²) in [5.74, 6) is 1.48. The van der Waals surface area contributed by atoms with Crippen molar-refractivity contribution in [2.45, 2.75) is 54.9 Å². The fourth-order valence-electron chi connectivity index (χ4n) is 6.10. The summed E-state index contributed by atoms with van der Waals surface area (Å²) in [6, 6.07) is 25.7. The molecule has 0 amide bonds. The minimum Gasteiger partial charge on any atom is -0.497 e. The normalized spacial score (nSPS) is 26.0. The molecule has 0 saturated carbocycles. The molecule has 0 bridgehead atoms. The number of methoxy groups -OCH3 is 3. The second kappa shape index (κ2) is 15.1. The van der Waals surface area contributed by atoms with Crippen molar-refractivity contribution in [2.24, 2.45) is 0 Å². The molecule has 2 heterocycles. The zero-order valence-electron chi connectivity index (χ0n) is 26.0. The van der Waals surface area contributed by atoms with Crippen LogP contribution in [0.3, 0.4) is 0 Å². The van der Waals surface area contributed by atoms with Gasteiger partial charge in [0.2, 0.25) is 0 Å². The maximum absolute atomic E-state index is 13.0. The van der Waals surface area contributed by atoms with Crippen LogP contribution in [0, 0.1) is 0 Å². The van der Waals surface area contributed by atoms with E-state index in [1.807, 2.05) is 94.6 Å². The maximum Gasteiger partial charge on any atom is 0.319 e. The van der Waals surface area contributed by atoms with Gasteiger partial charge in [-0.15, -0.1) is 0 Å². The van der Waals surface area contributed by atoms with Gasteiger partial charge in [-0.3, -0.25) is 4.57 Å². The van der Waals surface area contributed by atoms with E-state index < -0.39 is 26.1 Å². The third kappa shape index (κ3) is 7.43. The molecule has 12 heteroatoms. The van der Waals surface area contributed by atoms with E-state index in [0.717, 1.165) is 34.6 Å². The summed E-state index contributed by atoms with van der Waals surface area (Å²) in [7, 11) is 6.06. The summed E-state index contributed by atoms with van der Waals surface area (Å²) in [5.41, 5.74) is 1.75. The lowest BCUT2D eigenvalue weighted by Gasteiger charge is -2.37. The Kier molecular flexibility index (Phi) is 11.3. The first-order valence-corrected chi connectivity index (χ1v) is 16.2. The predicted molar refractivity (Wildman–Crippen MR) is 173 cm³/mol. The topological polar surface area (TPSA) is 90.9 Å². The average Bonchev–Trinajstić information content (AvgIpc) is 3.61. The van der Waals surface area contributed by atoms with Crippen LogP contribution >= 0.6 is 8.25 Å². The van der Waals surface area contributed by atoms with Gasteiger partial charge in [-0.25, -0.2) is 0 Å². The Bertz CT molecular complexity index is 1300. The van der Waals surface area contributed by atoms with Crippen LogP contribution in [0.5, 0.6) is 11.5 Å². The second-order valence-corrected chi connectivity index (χ2v) is 12.3. The summed E-state index contributed by atoms with van der Waals surface area (Å²) in [4.78, 5) is 0. The molecule has 0 aromatic heterocycles. The van der Waals surface area contributed by atoms with Crippen LogP contribution in [0.2, 0.25) is 0 Å². The molecule has 5 rings (SSSR count). The number of benzene rings is 3. The number of hydrogen-bond donors (Lipinski definition) is 0. The van der Waals surface area contributed by atoms with Gasteiger partial charge < -0.3 is 37.5 Å². The largest absolute Gasteiger partial charge is 0.497 e. The highest BCUT2D eigenvalue weighted by atomic mass is 31.1. The molecule has 0 aliphatic carbocycles. The summed E-state index contributed by atoms with van der Waals surface area (Å²) < 4.78 is 60.2. The highest BCUT2D eigenvalue weighted by molar-refractivity contribution is 7.33. The molecule has 9 nitrogen and oxygen atoms in total. The van der Waals surface area contributed by atoms with Gasteiger partial charge in [-0.1, -0.05) is 54.6 Å². The van der Waals surface area contributed by atoms with E-state index in [9.17, 15) is 4.57 Å². The fraction of sp³-hybridized carbons (Fsp3) is 0.438.